The van der Waals surface area contributed by atoms with Gasteiger partial charge in [0.1, 0.15) is 16.7 Å². The molecule has 1 aromatic carbocycles. The highest BCUT2D eigenvalue weighted by atomic mass is 32.2. The molecule has 0 spiro atoms. The van der Waals surface area contributed by atoms with Gasteiger partial charge < -0.3 is 4.98 Å². The Morgan fingerprint density at radius 3 is 2.58 bits per heavy atom. The van der Waals surface area contributed by atoms with E-state index in [1.165, 1.54) is 36.5 Å². The van der Waals surface area contributed by atoms with Gasteiger partial charge in [0.15, 0.2) is 0 Å². The molecule has 0 amide bonds. The van der Waals surface area contributed by atoms with E-state index in [1.54, 1.807) is 12.1 Å². The largest absolute Gasteiger partial charge is 0.327 e. The summed E-state index contributed by atoms with van der Waals surface area (Å²) in [5.74, 6) is 0. The SMILES string of the molecule is N#Cc1ccccc1S(=O)(=O)Nc1ccc[nH]c1=O. The van der Waals surface area contributed by atoms with E-state index in [0.29, 0.717) is 0 Å². The van der Waals surface area contributed by atoms with Crippen molar-refractivity contribution < 1.29 is 8.42 Å². The summed E-state index contributed by atoms with van der Waals surface area (Å²) < 4.78 is 26.4. The Kier molecular flexibility index (Phi) is 3.35. The van der Waals surface area contributed by atoms with Crippen molar-refractivity contribution in [2.24, 2.45) is 0 Å². The quantitative estimate of drug-likeness (QED) is 0.873. The van der Waals surface area contributed by atoms with Crippen LogP contribution in [0.2, 0.25) is 0 Å². The number of pyridine rings is 1. The standard InChI is InChI=1S/C12H9N3O3S/c13-8-9-4-1-2-6-11(9)19(17,18)15-10-5-3-7-14-12(10)16/h1-7,15H,(H,14,16). The van der Waals surface area contributed by atoms with Gasteiger partial charge in [-0.05, 0) is 24.3 Å². The van der Waals surface area contributed by atoms with Gasteiger partial charge in [0, 0.05) is 6.20 Å². The van der Waals surface area contributed by atoms with E-state index in [2.05, 4.69) is 9.71 Å². The Bertz CT molecular complexity index is 803. The van der Waals surface area contributed by atoms with Crippen molar-refractivity contribution in [1.29, 1.82) is 5.26 Å². The first-order chi connectivity index (χ1) is 9.04. The Morgan fingerprint density at radius 2 is 1.89 bits per heavy atom. The number of H-pyrrole nitrogens is 1. The second-order valence-corrected chi connectivity index (χ2v) is 5.28. The molecule has 0 bridgehead atoms. The number of aromatic nitrogens is 1. The molecule has 96 valence electrons. The number of nitrogens with zero attached hydrogens (tertiary/aromatic N) is 1. The van der Waals surface area contributed by atoms with Crippen LogP contribution in [0.25, 0.3) is 0 Å². The van der Waals surface area contributed by atoms with Crippen molar-refractivity contribution >= 4 is 15.7 Å². The van der Waals surface area contributed by atoms with E-state index in [1.807, 2.05) is 0 Å². The smallest absolute Gasteiger partial charge is 0.272 e. The number of sulfonamides is 1. The second kappa shape index (κ2) is 4.96. The minimum atomic E-state index is -3.97. The fraction of sp³-hybridized carbons (Fsp3) is 0. The van der Waals surface area contributed by atoms with Crippen LogP contribution in [0.4, 0.5) is 5.69 Å². The zero-order valence-corrected chi connectivity index (χ0v) is 10.4. The molecule has 1 aromatic heterocycles. The zero-order chi connectivity index (χ0) is 13.9. The predicted molar refractivity (Wildman–Crippen MR) is 69.0 cm³/mol. The molecule has 0 aliphatic rings. The normalized spacial score (nSPS) is 10.7. The van der Waals surface area contributed by atoms with Gasteiger partial charge in [-0.1, -0.05) is 12.1 Å². The monoisotopic (exact) mass is 275 g/mol. The number of nitriles is 1. The lowest BCUT2D eigenvalue weighted by molar-refractivity contribution is 0.601. The van der Waals surface area contributed by atoms with Crippen LogP contribution in [0.5, 0.6) is 0 Å². The van der Waals surface area contributed by atoms with Crippen LogP contribution < -0.4 is 10.3 Å². The van der Waals surface area contributed by atoms with Gasteiger partial charge in [-0.3, -0.25) is 9.52 Å². The maximum absolute atomic E-state index is 12.1. The summed E-state index contributed by atoms with van der Waals surface area (Å²) in [5, 5.41) is 8.89. The number of nitrogens with one attached hydrogen (secondary N) is 2. The molecule has 6 nitrogen and oxygen atoms in total. The fourth-order valence-electron chi connectivity index (χ4n) is 1.50. The Hall–Kier alpha value is -2.59. The van der Waals surface area contributed by atoms with Crippen molar-refractivity contribution in [2.75, 3.05) is 4.72 Å². The summed E-state index contributed by atoms with van der Waals surface area (Å²) in [7, 11) is -3.97. The molecule has 19 heavy (non-hydrogen) atoms. The van der Waals surface area contributed by atoms with Crippen LogP contribution in [0.15, 0.2) is 52.3 Å². The van der Waals surface area contributed by atoms with Gasteiger partial charge >= 0.3 is 0 Å². The average Bonchev–Trinajstić information content (AvgIpc) is 2.41. The number of benzene rings is 1. The van der Waals surface area contributed by atoms with Crippen LogP contribution in [-0.4, -0.2) is 13.4 Å². The molecular weight excluding hydrogens is 266 g/mol. The number of hydrogen-bond donors (Lipinski definition) is 2. The third-order valence-corrected chi connectivity index (χ3v) is 3.78. The maximum Gasteiger partial charge on any atom is 0.272 e. The second-order valence-electron chi connectivity index (χ2n) is 3.63. The van der Waals surface area contributed by atoms with Crippen molar-refractivity contribution in [1.82, 2.24) is 4.98 Å². The highest BCUT2D eigenvalue weighted by Gasteiger charge is 2.19. The Morgan fingerprint density at radius 1 is 1.16 bits per heavy atom. The summed E-state index contributed by atoms with van der Waals surface area (Å²) in [4.78, 5) is 13.6. The van der Waals surface area contributed by atoms with Gasteiger partial charge in [0.05, 0.1) is 5.56 Å². The van der Waals surface area contributed by atoms with E-state index < -0.39 is 15.6 Å². The van der Waals surface area contributed by atoms with Gasteiger partial charge in [-0.2, -0.15) is 5.26 Å². The molecule has 7 heteroatoms. The maximum atomic E-state index is 12.1. The van der Waals surface area contributed by atoms with E-state index in [9.17, 15) is 13.2 Å². The summed E-state index contributed by atoms with van der Waals surface area (Å²) in [5.41, 5.74) is -0.641. The highest BCUT2D eigenvalue weighted by molar-refractivity contribution is 7.92. The topological polar surface area (TPSA) is 103 Å². The number of aromatic amines is 1. The Labute approximate surface area is 109 Å². The third-order valence-electron chi connectivity index (χ3n) is 2.36. The first-order valence-corrected chi connectivity index (χ1v) is 6.72. The minimum absolute atomic E-state index is 0.0161. The van der Waals surface area contributed by atoms with E-state index >= 15 is 0 Å². The lowest BCUT2D eigenvalue weighted by atomic mass is 10.2. The summed E-state index contributed by atoms with van der Waals surface area (Å²) >= 11 is 0. The lowest BCUT2D eigenvalue weighted by Gasteiger charge is -2.08. The van der Waals surface area contributed by atoms with Gasteiger partial charge in [0.25, 0.3) is 15.6 Å². The third kappa shape index (κ3) is 2.64. The van der Waals surface area contributed by atoms with Crippen molar-refractivity contribution in [3.05, 3.63) is 58.5 Å². The Balaban J connectivity index is 2.48. The first kappa shape index (κ1) is 12.9. The molecule has 2 aromatic rings. The number of anilines is 1. The highest BCUT2D eigenvalue weighted by Crippen LogP contribution is 2.17. The predicted octanol–water partition coefficient (Wildman–Crippen LogP) is 1.05. The number of rotatable bonds is 3. The average molecular weight is 275 g/mol. The molecular formula is C12H9N3O3S. The van der Waals surface area contributed by atoms with E-state index in [4.69, 9.17) is 5.26 Å². The van der Waals surface area contributed by atoms with Crippen LogP contribution in [0.3, 0.4) is 0 Å². The molecule has 0 unspecified atom stereocenters. The van der Waals surface area contributed by atoms with Crippen molar-refractivity contribution in [3.63, 3.8) is 0 Å². The molecule has 2 N–H and O–H groups in total. The zero-order valence-electron chi connectivity index (χ0n) is 9.62. The van der Waals surface area contributed by atoms with E-state index in [-0.39, 0.29) is 16.1 Å². The molecule has 0 fully saturated rings. The van der Waals surface area contributed by atoms with Gasteiger partial charge in [0.2, 0.25) is 0 Å². The minimum Gasteiger partial charge on any atom is -0.327 e. The van der Waals surface area contributed by atoms with Crippen LogP contribution >= 0.6 is 0 Å². The van der Waals surface area contributed by atoms with Crippen LogP contribution in [0, 0.1) is 11.3 Å². The van der Waals surface area contributed by atoms with Crippen molar-refractivity contribution in [2.45, 2.75) is 4.90 Å². The molecule has 2 rings (SSSR count). The van der Waals surface area contributed by atoms with Crippen LogP contribution in [-0.2, 0) is 10.0 Å². The molecule has 0 aliphatic carbocycles. The summed E-state index contributed by atoms with van der Waals surface area (Å²) in [6.45, 7) is 0. The summed E-state index contributed by atoms with van der Waals surface area (Å²) in [6, 6.07) is 10.4. The lowest BCUT2D eigenvalue weighted by Crippen LogP contribution is -2.20. The van der Waals surface area contributed by atoms with E-state index in [0.717, 1.165) is 0 Å². The first-order valence-electron chi connectivity index (χ1n) is 5.24. The fourth-order valence-corrected chi connectivity index (χ4v) is 2.72. The van der Waals surface area contributed by atoms with Gasteiger partial charge in [-0.15, -0.1) is 0 Å². The molecule has 0 radical (unpaired) electrons. The summed E-state index contributed by atoms with van der Waals surface area (Å²) in [6.07, 6.45) is 1.39. The van der Waals surface area contributed by atoms with Crippen molar-refractivity contribution in [3.8, 4) is 6.07 Å². The van der Waals surface area contributed by atoms with Crippen LogP contribution in [0.1, 0.15) is 5.56 Å². The molecule has 1 heterocycles. The van der Waals surface area contributed by atoms with Gasteiger partial charge in [-0.25, -0.2) is 8.42 Å². The molecule has 0 saturated carbocycles. The molecule has 0 atom stereocenters. The number of hydrogen-bond acceptors (Lipinski definition) is 4. The molecule has 0 aliphatic heterocycles. The molecule has 0 saturated heterocycles.